The quantitative estimate of drug-likeness (QED) is 0.0781. The lowest BCUT2D eigenvalue weighted by Gasteiger charge is -2.44. The molecule has 390 valence electrons. The van der Waals surface area contributed by atoms with Gasteiger partial charge < -0.3 is 44.8 Å². The number of pyridine rings is 2. The fourth-order valence-corrected chi connectivity index (χ4v) is 10.8. The molecule has 6 heterocycles. The highest BCUT2D eigenvalue weighted by Crippen LogP contribution is 2.42. The Morgan fingerprint density at radius 3 is 1.84 bits per heavy atom. The van der Waals surface area contributed by atoms with E-state index in [0.717, 1.165) is 87.7 Å². The van der Waals surface area contributed by atoms with Gasteiger partial charge in [0, 0.05) is 84.9 Å². The van der Waals surface area contributed by atoms with Crippen LogP contribution in [0.15, 0.2) is 134 Å². The third kappa shape index (κ3) is 12.2. The van der Waals surface area contributed by atoms with E-state index in [9.17, 15) is 39.5 Å². The molecule has 2 fully saturated rings. The van der Waals surface area contributed by atoms with Crippen LogP contribution in [-0.2, 0) is 34.8 Å². The van der Waals surface area contributed by atoms with Gasteiger partial charge in [0.25, 0.3) is 0 Å². The van der Waals surface area contributed by atoms with Gasteiger partial charge in [-0.25, -0.2) is 9.18 Å². The summed E-state index contributed by atoms with van der Waals surface area (Å²) in [6, 6.07) is 31.7. The molecule has 4 aliphatic rings. The van der Waals surface area contributed by atoms with Gasteiger partial charge in [0.05, 0.1) is 40.2 Å². The van der Waals surface area contributed by atoms with Crippen LogP contribution in [-0.4, -0.2) is 96.5 Å². The predicted octanol–water partition coefficient (Wildman–Crippen LogP) is 9.98. The fourth-order valence-electron chi connectivity index (χ4n) is 10.7. The number of likely N-dealkylation sites (tertiary alicyclic amines) is 2. The molecule has 0 saturated carbocycles. The van der Waals surface area contributed by atoms with Gasteiger partial charge in [0.2, 0.25) is 0 Å². The van der Waals surface area contributed by atoms with Gasteiger partial charge in [-0.1, -0.05) is 66.2 Å². The predicted molar refractivity (Wildman–Crippen MR) is 284 cm³/mol. The van der Waals surface area contributed by atoms with Gasteiger partial charge >= 0.3 is 11.9 Å². The Balaban J connectivity index is 0.000000185. The van der Waals surface area contributed by atoms with Crippen molar-refractivity contribution in [2.45, 2.75) is 82.4 Å². The van der Waals surface area contributed by atoms with Crippen molar-refractivity contribution in [3.8, 4) is 11.5 Å². The Kier molecular flexibility index (Phi) is 16.0. The molecule has 0 spiro atoms. The molecule has 5 N–H and O–H groups in total. The number of nitrogens with zero attached hydrogens (tertiary/aromatic N) is 4. The number of aliphatic hydroxyl groups is 3. The number of piperidine rings is 2. The molecule has 6 aromatic rings. The van der Waals surface area contributed by atoms with E-state index in [1.54, 1.807) is 80.8 Å². The molecule has 4 aromatic carbocycles. The van der Waals surface area contributed by atoms with Crippen molar-refractivity contribution in [2.75, 3.05) is 39.3 Å². The Hall–Kier alpha value is -6.78. The first kappa shape index (κ1) is 53.1. The van der Waals surface area contributed by atoms with E-state index in [4.69, 9.17) is 21.1 Å². The standard InChI is InChI=1S/C32H35ClN2O5.C28H27FN2O4/c1-31(2,38)22-9-12-29-27(17-22)25(26-5-3-14-34-28(26)20-40-29)6-4-15-35-16-13-32(39,23(19-35)18-30(36)37)21-7-10-24(33)11-8-21;29-21-8-6-20(7-9-21)28(34)11-15-31(16-12-28)14-2-4-22-23-3-1-13-30-25(23)18-35-26-10-5-19(27(32)33)17-24(22)26/h3,5-12,14,17,23,38-39H,4,13,15-16,18-20H2,1-2H3,(H,36,37);1,3-10,13,17,34H,2,11-12,14-16,18H2,(H,32,33)/b25-6+;22-4+. The fraction of sp³-hybridized carbons (Fsp3) is 0.333. The zero-order valence-electron chi connectivity index (χ0n) is 42.1. The number of carboxylic acids is 2. The van der Waals surface area contributed by atoms with Crippen LogP contribution in [0.1, 0.15) is 113 Å². The first-order valence-electron chi connectivity index (χ1n) is 25.4. The Morgan fingerprint density at radius 2 is 1.27 bits per heavy atom. The van der Waals surface area contributed by atoms with Crippen LogP contribution in [0.2, 0.25) is 5.02 Å². The van der Waals surface area contributed by atoms with Crippen molar-refractivity contribution in [2.24, 2.45) is 5.92 Å². The van der Waals surface area contributed by atoms with E-state index in [1.807, 2.05) is 42.5 Å². The van der Waals surface area contributed by atoms with Crippen molar-refractivity contribution < 1.29 is 49.0 Å². The maximum absolute atomic E-state index is 13.3. The first-order chi connectivity index (χ1) is 36.0. The summed E-state index contributed by atoms with van der Waals surface area (Å²) in [6.07, 6.45) is 10.7. The van der Waals surface area contributed by atoms with Crippen LogP contribution in [0.25, 0.3) is 11.1 Å². The van der Waals surface area contributed by atoms with E-state index in [1.165, 1.54) is 12.1 Å². The van der Waals surface area contributed by atoms with Crippen molar-refractivity contribution in [3.63, 3.8) is 0 Å². The minimum atomic E-state index is -1.23. The molecule has 75 heavy (non-hydrogen) atoms. The summed E-state index contributed by atoms with van der Waals surface area (Å²) in [5.74, 6) is -1.29. The molecule has 2 aromatic heterocycles. The SMILES string of the molecule is CC(C)(O)c1ccc2c(c1)/C(=C/CCN1CCC(O)(c3ccc(Cl)cc3)C(CC(=O)O)C1)c1cccnc1CO2.O=C(O)c1ccc2c(c1)/C(=C/CCN1CCC(O)(c3ccc(F)cc3)CC1)c1cccnc1CO2. The van der Waals surface area contributed by atoms with Gasteiger partial charge in [-0.3, -0.25) is 14.8 Å². The molecule has 4 aliphatic heterocycles. The first-order valence-corrected chi connectivity index (χ1v) is 25.8. The van der Waals surface area contributed by atoms with Crippen molar-refractivity contribution >= 4 is 34.7 Å². The normalized spacial score (nSPS) is 20.4. The average Bonchev–Trinajstić information content (AvgIpc) is 3.66. The molecule has 13 nitrogen and oxygen atoms in total. The third-order valence-corrected chi connectivity index (χ3v) is 15.2. The van der Waals surface area contributed by atoms with Gasteiger partial charge in [0.1, 0.15) is 30.5 Å². The molecule has 0 bridgehead atoms. The van der Waals surface area contributed by atoms with Crippen LogP contribution >= 0.6 is 11.6 Å². The highest BCUT2D eigenvalue weighted by molar-refractivity contribution is 6.30. The largest absolute Gasteiger partial charge is 0.487 e. The monoisotopic (exact) mass is 1040 g/mol. The zero-order valence-corrected chi connectivity index (χ0v) is 42.8. The summed E-state index contributed by atoms with van der Waals surface area (Å²) >= 11 is 6.05. The van der Waals surface area contributed by atoms with Crippen molar-refractivity contribution in [3.05, 3.63) is 200 Å². The smallest absolute Gasteiger partial charge is 0.335 e. The second-order valence-electron chi connectivity index (χ2n) is 20.3. The lowest BCUT2D eigenvalue weighted by molar-refractivity contribution is -0.145. The molecule has 2 unspecified atom stereocenters. The number of benzene rings is 4. The number of carbonyl (C=O) groups is 2. The van der Waals surface area contributed by atoms with Gasteiger partial charge in [0.15, 0.2) is 0 Å². The van der Waals surface area contributed by atoms with E-state index in [-0.39, 0.29) is 17.8 Å². The number of aromatic nitrogens is 2. The molecule has 0 amide bonds. The lowest BCUT2D eigenvalue weighted by Crippen LogP contribution is -2.50. The van der Waals surface area contributed by atoms with E-state index in [2.05, 4.69) is 31.9 Å². The molecule has 10 rings (SSSR count). The summed E-state index contributed by atoms with van der Waals surface area (Å²) in [4.78, 5) is 36.9. The number of aliphatic carboxylic acids is 1. The Labute approximate surface area is 441 Å². The number of carboxylic acid groups (broad SMARTS) is 2. The molecule has 15 heteroatoms. The molecule has 2 saturated heterocycles. The molecular weight excluding hydrogens is 975 g/mol. The summed E-state index contributed by atoms with van der Waals surface area (Å²) in [6.45, 7) is 8.28. The molecule has 0 radical (unpaired) electrons. The Morgan fingerprint density at radius 1 is 0.720 bits per heavy atom. The lowest BCUT2D eigenvalue weighted by atomic mass is 9.74. The zero-order chi connectivity index (χ0) is 52.9. The van der Waals surface area contributed by atoms with Gasteiger partial charge in [-0.2, -0.15) is 0 Å². The Bertz CT molecular complexity index is 3100. The maximum Gasteiger partial charge on any atom is 0.335 e. The van der Waals surface area contributed by atoms with Crippen LogP contribution < -0.4 is 9.47 Å². The number of ether oxygens (including phenoxy) is 2. The van der Waals surface area contributed by atoms with E-state index < -0.39 is 34.7 Å². The summed E-state index contributed by atoms with van der Waals surface area (Å²) in [7, 11) is 0. The van der Waals surface area contributed by atoms with Crippen LogP contribution in [0.3, 0.4) is 0 Å². The number of fused-ring (bicyclic) bond motifs is 4. The number of hydrogen-bond donors (Lipinski definition) is 5. The second kappa shape index (κ2) is 22.6. The molecule has 0 aliphatic carbocycles. The number of aromatic carboxylic acids is 1. The minimum Gasteiger partial charge on any atom is -0.487 e. The highest BCUT2D eigenvalue weighted by Gasteiger charge is 2.44. The third-order valence-electron chi connectivity index (χ3n) is 15.0. The van der Waals surface area contributed by atoms with Crippen LogP contribution in [0.4, 0.5) is 4.39 Å². The van der Waals surface area contributed by atoms with Gasteiger partial charge in [-0.15, -0.1) is 0 Å². The summed E-state index contributed by atoms with van der Waals surface area (Å²) in [5, 5.41) is 53.1. The van der Waals surface area contributed by atoms with Crippen LogP contribution in [0.5, 0.6) is 11.5 Å². The average molecular weight is 1040 g/mol. The van der Waals surface area contributed by atoms with Crippen molar-refractivity contribution in [1.29, 1.82) is 0 Å². The minimum absolute atomic E-state index is 0.125. The summed E-state index contributed by atoms with van der Waals surface area (Å²) in [5.41, 5.74) is 6.48. The topological polar surface area (TPSA) is 186 Å². The molecule has 2 atom stereocenters. The van der Waals surface area contributed by atoms with Crippen LogP contribution in [0, 0.1) is 11.7 Å². The second-order valence-corrected chi connectivity index (χ2v) is 20.8. The van der Waals surface area contributed by atoms with Crippen molar-refractivity contribution in [1.82, 2.24) is 19.8 Å². The number of halogens is 2. The van der Waals surface area contributed by atoms with E-state index >= 15 is 0 Å². The highest BCUT2D eigenvalue weighted by atomic mass is 35.5. The molecular formula is C60H62ClFN4O9. The number of hydrogen-bond acceptors (Lipinski definition) is 11. The number of rotatable bonds is 12. The summed E-state index contributed by atoms with van der Waals surface area (Å²) < 4.78 is 25.3. The van der Waals surface area contributed by atoms with E-state index in [0.29, 0.717) is 74.9 Å². The maximum atomic E-state index is 13.3. The van der Waals surface area contributed by atoms with Gasteiger partial charge in [-0.05, 0) is 141 Å².